The van der Waals surface area contributed by atoms with E-state index in [1.165, 1.54) is 0 Å². The molecule has 1 aromatic carbocycles. The van der Waals surface area contributed by atoms with Gasteiger partial charge in [-0.3, -0.25) is 0 Å². The first kappa shape index (κ1) is 13.0. The highest BCUT2D eigenvalue weighted by Crippen LogP contribution is 2.30. The van der Waals surface area contributed by atoms with Crippen molar-refractivity contribution in [3.8, 4) is 11.3 Å². The Morgan fingerprint density at radius 3 is 2.50 bits per heavy atom. The molecule has 0 unspecified atom stereocenters. The molecular weight excluding hydrogens is 290 g/mol. The van der Waals surface area contributed by atoms with Gasteiger partial charge < -0.3 is 9.97 Å². The predicted molar refractivity (Wildman–Crippen MR) is 94.1 cm³/mol. The molecule has 106 valence electrons. The van der Waals surface area contributed by atoms with Crippen LogP contribution in [0.1, 0.15) is 11.3 Å². The molecule has 0 saturated carbocycles. The van der Waals surface area contributed by atoms with Crippen LogP contribution in [0, 0.1) is 0 Å². The number of aliphatic imine (C=N–C) groups is 1. The van der Waals surface area contributed by atoms with E-state index < -0.39 is 0 Å². The Labute approximate surface area is 133 Å². The van der Waals surface area contributed by atoms with Crippen LogP contribution in [0.3, 0.4) is 0 Å². The number of hydrogen-bond donors (Lipinski definition) is 2. The molecule has 0 spiro atoms. The van der Waals surface area contributed by atoms with Gasteiger partial charge in [0, 0.05) is 29.2 Å². The van der Waals surface area contributed by atoms with Crippen molar-refractivity contribution in [3.63, 3.8) is 0 Å². The van der Waals surface area contributed by atoms with E-state index in [4.69, 9.17) is 12.2 Å². The Hall–Kier alpha value is -2.72. The summed E-state index contributed by atoms with van der Waals surface area (Å²) in [4.78, 5) is 11.7. The fourth-order valence-corrected chi connectivity index (χ4v) is 2.92. The zero-order valence-corrected chi connectivity index (χ0v) is 12.5. The van der Waals surface area contributed by atoms with Gasteiger partial charge in [0.25, 0.3) is 0 Å². The van der Waals surface area contributed by atoms with Gasteiger partial charge in [-0.2, -0.15) is 0 Å². The molecule has 4 rings (SSSR count). The van der Waals surface area contributed by atoms with Crippen molar-refractivity contribution >= 4 is 28.5 Å². The smallest absolute Gasteiger partial charge is 0.127 e. The first-order chi connectivity index (χ1) is 10.8. The van der Waals surface area contributed by atoms with Crippen molar-refractivity contribution in [2.75, 3.05) is 0 Å². The van der Waals surface area contributed by atoms with Gasteiger partial charge in [-0.1, -0.05) is 42.5 Å². The van der Waals surface area contributed by atoms with Gasteiger partial charge in [0.15, 0.2) is 0 Å². The van der Waals surface area contributed by atoms with Gasteiger partial charge >= 0.3 is 0 Å². The lowest BCUT2D eigenvalue weighted by Gasteiger charge is -2.08. The maximum atomic E-state index is 5.30. The van der Waals surface area contributed by atoms with Gasteiger partial charge in [0.1, 0.15) is 4.99 Å². The van der Waals surface area contributed by atoms with Crippen molar-refractivity contribution in [1.29, 1.82) is 0 Å². The van der Waals surface area contributed by atoms with Gasteiger partial charge in [0.05, 0.1) is 11.4 Å². The van der Waals surface area contributed by atoms with E-state index in [1.54, 1.807) is 0 Å². The molecule has 2 N–H and O–H groups in total. The van der Waals surface area contributed by atoms with Crippen LogP contribution in [0.25, 0.3) is 16.8 Å². The minimum Gasteiger partial charge on any atom is -0.361 e. The molecule has 0 aliphatic carbocycles. The Morgan fingerprint density at radius 1 is 0.864 bits per heavy atom. The maximum absolute atomic E-state index is 5.30. The highest BCUT2D eigenvalue weighted by atomic mass is 32.1. The normalized spacial score (nSPS) is 14.1. The van der Waals surface area contributed by atoms with Crippen molar-refractivity contribution in [1.82, 2.24) is 9.97 Å². The lowest BCUT2D eigenvalue weighted by molar-refractivity contribution is 1.35. The average Bonchev–Trinajstić information content (AvgIpc) is 3.27. The number of hydrogen-bond acceptors (Lipinski definition) is 1. The molecule has 3 heterocycles. The van der Waals surface area contributed by atoms with E-state index in [0.717, 1.165) is 33.8 Å². The molecule has 0 atom stereocenters. The van der Waals surface area contributed by atoms with E-state index in [9.17, 15) is 0 Å². The third kappa shape index (κ3) is 2.14. The molecule has 1 aliphatic heterocycles. The summed E-state index contributed by atoms with van der Waals surface area (Å²) in [6, 6.07) is 16.3. The summed E-state index contributed by atoms with van der Waals surface area (Å²) in [5.74, 6) is 0. The number of nitrogens with one attached hydrogen (secondary N) is 2. The number of rotatable bonds is 3. The molecule has 22 heavy (non-hydrogen) atoms. The maximum Gasteiger partial charge on any atom is 0.127 e. The van der Waals surface area contributed by atoms with Gasteiger partial charge in [-0.15, -0.1) is 0 Å². The monoisotopic (exact) mass is 303 g/mol. The van der Waals surface area contributed by atoms with Crippen LogP contribution in [0.5, 0.6) is 0 Å². The Kier molecular flexibility index (Phi) is 3.09. The molecule has 0 saturated heterocycles. The van der Waals surface area contributed by atoms with Crippen LogP contribution in [0.2, 0.25) is 0 Å². The highest BCUT2D eigenvalue weighted by molar-refractivity contribution is 7.80. The minimum absolute atomic E-state index is 0.612. The molecule has 0 radical (unpaired) electrons. The van der Waals surface area contributed by atoms with Crippen molar-refractivity contribution in [2.24, 2.45) is 4.99 Å². The summed E-state index contributed by atoms with van der Waals surface area (Å²) in [6.07, 6.45) is 5.80. The quantitative estimate of drug-likeness (QED) is 0.699. The highest BCUT2D eigenvalue weighted by Gasteiger charge is 2.22. The lowest BCUT2D eigenvalue weighted by Crippen LogP contribution is -2.04. The third-order valence-corrected chi connectivity index (χ3v) is 3.91. The molecular formula is C18H13N3S. The molecule has 3 nitrogen and oxygen atoms in total. The van der Waals surface area contributed by atoms with E-state index in [2.05, 4.69) is 27.1 Å². The second-order valence-electron chi connectivity index (χ2n) is 5.07. The first-order valence-electron chi connectivity index (χ1n) is 7.04. The second kappa shape index (κ2) is 5.24. The zero-order valence-electron chi connectivity index (χ0n) is 11.7. The number of benzene rings is 1. The largest absolute Gasteiger partial charge is 0.361 e. The van der Waals surface area contributed by atoms with E-state index in [1.807, 2.05) is 54.9 Å². The number of thiocarbonyl (C=S) groups is 1. The van der Waals surface area contributed by atoms with Crippen LogP contribution in [0.15, 0.2) is 72.0 Å². The molecule has 3 aromatic rings. The van der Waals surface area contributed by atoms with Crippen LogP contribution in [0.4, 0.5) is 0 Å². The van der Waals surface area contributed by atoms with Crippen LogP contribution >= 0.6 is 12.2 Å². The Bertz CT molecular complexity index is 884. The molecule has 0 amide bonds. The number of allylic oxidation sites excluding steroid dienone is 1. The minimum atomic E-state index is 0.612. The van der Waals surface area contributed by atoms with Gasteiger partial charge in [0.2, 0.25) is 0 Å². The van der Waals surface area contributed by atoms with Crippen LogP contribution in [-0.4, -0.2) is 20.7 Å². The van der Waals surface area contributed by atoms with E-state index in [0.29, 0.717) is 4.99 Å². The van der Waals surface area contributed by atoms with Gasteiger partial charge in [-0.05, 0) is 29.8 Å². The summed E-state index contributed by atoms with van der Waals surface area (Å²) in [6.45, 7) is 0. The molecule has 2 aromatic heterocycles. The van der Waals surface area contributed by atoms with Crippen molar-refractivity contribution in [2.45, 2.75) is 0 Å². The fourth-order valence-electron chi connectivity index (χ4n) is 2.71. The van der Waals surface area contributed by atoms with Crippen LogP contribution in [-0.2, 0) is 0 Å². The van der Waals surface area contributed by atoms with Gasteiger partial charge in [-0.25, -0.2) is 4.99 Å². The molecule has 4 heteroatoms. The zero-order chi connectivity index (χ0) is 14.9. The predicted octanol–water partition coefficient (Wildman–Crippen LogP) is 4.22. The lowest BCUT2D eigenvalue weighted by atomic mass is 9.98. The Morgan fingerprint density at radius 2 is 1.73 bits per heavy atom. The summed E-state index contributed by atoms with van der Waals surface area (Å²) in [7, 11) is 0. The molecule has 0 bridgehead atoms. The SMILES string of the molecule is S=C1C=C(c2ccccc2)C(c2[nH]ccc2-c2ccc[nH]2)=N1. The van der Waals surface area contributed by atoms with Crippen molar-refractivity contribution in [3.05, 3.63) is 78.3 Å². The summed E-state index contributed by atoms with van der Waals surface area (Å²) >= 11 is 5.30. The topological polar surface area (TPSA) is 43.9 Å². The Balaban J connectivity index is 1.84. The average molecular weight is 303 g/mol. The number of aromatic amines is 2. The van der Waals surface area contributed by atoms with E-state index >= 15 is 0 Å². The molecule has 1 aliphatic rings. The standard InChI is InChI=1S/C18H13N3S/c22-16-11-14(12-5-2-1-3-6-12)18(21-16)17-13(8-10-20-17)15-7-4-9-19-15/h1-11,19-20H. The van der Waals surface area contributed by atoms with Crippen molar-refractivity contribution < 1.29 is 0 Å². The number of nitrogens with zero attached hydrogens (tertiary/aromatic N) is 1. The number of aromatic nitrogens is 2. The van der Waals surface area contributed by atoms with Crippen LogP contribution < -0.4 is 0 Å². The third-order valence-electron chi connectivity index (χ3n) is 3.70. The fraction of sp³-hybridized carbons (Fsp3) is 0. The first-order valence-corrected chi connectivity index (χ1v) is 7.45. The van der Waals surface area contributed by atoms with E-state index in [-0.39, 0.29) is 0 Å². The summed E-state index contributed by atoms with van der Waals surface area (Å²) < 4.78 is 0. The summed E-state index contributed by atoms with van der Waals surface area (Å²) in [5.41, 5.74) is 6.21. The summed E-state index contributed by atoms with van der Waals surface area (Å²) in [5, 5.41) is 0. The second-order valence-corrected chi connectivity index (χ2v) is 5.49. The molecule has 0 fully saturated rings. The number of H-pyrrole nitrogens is 2.